The minimum atomic E-state index is -0.381. The first-order chi connectivity index (χ1) is 5.77. The molecule has 0 aliphatic carbocycles. The van der Waals surface area contributed by atoms with Crippen LogP contribution in [0.4, 0.5) is 5.82 Å². The highest BCUT2D eigenvalue weighted by Crippen LogP contribution is 2.06. The first-order valence-electron chi connectivity index (χ1n) is 3.42. The van der Waals surface area contributed by atoms with E-state index >= 15 is 0 Å². The standard InChI is InChI=1S/C6H12N6/c7-5-3-1-2-4(10-5)6(11-8)12-9/h1-3,6,11-12H,8-9H2,(H2,7,10). The molecule has 1 aromatic heterocycles. The number of nitrogen functional groups attached to an aromatic ring is 1. The molecule has 0 aliphatic heterocycles. The molecular weight excluding hydrogens is 156 g/mol. The van der Waals surface area contributed by atoms with E-state index in [0.29, 0.717) is 11.5 Å². The molecule has 0 atom stereocenters. The molecule has 1 aromatic rings. The van der Waals surface area contributed by atoms with Gasteiger partial charge in [0, 0.05) is 0 Å². The van der Waals surface area contributed by atoms with Gasteiger partial charge < -0.3 is 5.73 Å². The summed E-state index contributed by atoms with van der Waals surface area (Å²) in [5.41, 5.74) is 11.0. The molecule has 0 aliphatic rings. The van der Waals surface area contributed by atoms with Gasteiger partial charge in [-0.2, -0.15) is 0 Å². The van der Waals surface area contributed by atoms with Crippen molar-refractivity contribution in [3.63, 3.8) is 0 Å². The van der Waals surface area contributed by atoms with Crippen LogP contribution in [0.2, 0.25) is 0 Å². The third-order valence-corrected chi connectivity index (χ3v) is 1.42. The number of aromatic nitrogens is 1. The van der Waals surface area contributed by atoms with Crippen LogP contribution in [-0.4, -0.2) is 4.98 Å². The fourth-order valence-corrected chi connectivity index (χ4v) is 0.849. The van der Waals surface area contributed by atoms with Crippen LogP contribution in [0.1, 0.15) is 11.9 Å². The Morgan fingerprint density at radius 1 is 1.25 bits per heavy atom. The van der Waals surface area contributed by atoms with E-state index in [-0.39, 0.29) is 6.17 Å². The number of nitrogens with one attached hydrogen (secondary N) is 2. The molecule has 12 heavy (non-hydrogen) atoms. The van der Waals surface area contributed by atoms with E-state index < -0.39 is 0 Å². The van der Waals surface area contributed by atoms with E-state index in [1.165, 1.54) is 0 Å². The van der Waals surface area contributed by atoms with Crippen LogP contribution < -0.4 is 28.3 Å². The van der Waals surface area contributed by atoms with Crippen LogP contribution in [0.5, 0.6) is 0 Å². The first kappa shape index (κ1) is 8.88. The SMILES string of the molecule is NNC(NN)c1cccc(N)n1. The number of pyridine rings is 1. The molecule has 0 radical (unpaired) electrons. The molecule has 0 saturated heterocycles. The van der Waals surface area contributed by atoms with Gasteiger partial charge in [0.2, 0.25) is 0 Å². The molecule has 0 unspecified atom stereocenters. The minimum absolute atomic E-state index is 0.381. The summed E-state index contributed by atoms with van der Waals surface area (Å²) in [5, 5.41) is 0. The fraction of sp³-hybridized carbons (Fsp3) is 0.167. The first-order valence-corrected chi connectivity index (χ1v) is 3.42. The van der Waals surface area contributed by atoms with Crippen molar-refractivity contribution in [1.29, 1.82) is 0 Å². The lowest BCUT2D eigenvalue weighted by Gasteiger charge is -2.13. The Bertz CT molecular complexity index is 246. The van der Waals surface area contributed by atoms with Gasteiger partial charge in [-0.05, 0) is 12.1 Å². The van der Waals surface area contributed by atoms with Gasteiger partial charge in [0.15, 0.2) is 0 Å². The van der Waals surface area contributed by atoms with E-state index in [9.17, 15) is 0 Å². The molecular formula is C6H12N6. The number of hydrogen-bond donors (Lipinski definition) is 5. The van der Waals surface area contributed by atoms with Crippen LogP contribution in [0.3, 0.4) is 0 Å². The third kappa shape index (κ3) is 1.89. The maximum absolute atomic E-state index is 5.46. The quantitative estimate of drug-likeness (QED) is 0.215. The van der Waals surface area contributed by atoms with Crippen molar-refractivity contribution in [1.82, 2.24) is 15.8 Å². The molecule has 0 spiro atoms. The minimum Gasteiger partial charge on any atom is -0.384 e. The zero-order chi connectivity index (χ0) is 8.97. The van der Waals surface area contributed by atoms with E-state index in [0.717, 1.165) is 0 Å². The highest BCUT2D eigenvalue weighted by atomic mass is 15.4. The Morgan fingerprint density at radius 3 is 2.42 bits per heavy atom. The van der Waals surface area contributed by atoms with Crippen LogP contribution >= 0.6 is 0 Å². The number of nitrogens with two attached hydrogens (primary N) is 3. The van der Waals surface area contributed by atoms with Crippen LogP contribution in [-0.2, 0) is 0 Å². The summed E-state index contributed by atoms with van der Waals surface area (Å²) in [6.07, 6.45) is -0.381. The maximum atomic E-state index is 5.46. The lowest BCUT2D eigenvalue weighted by molar-refractivity contribution is 0.451. The van der Waals surface area contributed by atoms with Crippen molar-refractivity contribution < 1.29 is 0 Å². The predicted octanol–water partition coefficient (Wildman–Crippen LogP) is -1.41. The van der Waals surface area contributed by atoms with E-state index in [2.05, 4.69) is 15.8 Å². The largest absolute Gasteiger partial charge is 0.384 e. The summed E-state index contributed by atoms with van der Waals surface area (Å²) in [4.78, 5) is 4.01. The molecule has 0 saturated carbocycles. The zero-order valence-corrected chi connectivity index (χ0v) is 6.49. The van der Waals surface area contributed by atoms with Crippen molar-refractivity contribution >= 4 is 5.82 Å². The van der Waals surface area contributed by atoms with Crippen molar-refractivity contribution in [3.05, 3.63) is 23.9 Å². The van der Waals surface area contributed by atoms with Crippen molar-refractivity contribution in [2.45, 2.75) is 6.17 Å². The second kappa shape index (κ2) is 3.98. The summed E-state index contributed by atoms with van der Waals surface area (Å²) >= 11 is 0. The monoisotopic (exact) mass is 168 g/mol. The van der Waals surface area contributed by atoms with Gasteiger partial charge in [-0.3, -0.25) is 11.7 Å². The molecule has 66 valence electrons. The summed E-state index contributed by atoms with van der Waals surface area (Å²) < 4.78 is 0. The number of hydrogen-bond acceptors (Lipinski definition) is 6. The Morgan fingerprint density at radius 2 is 1.92 bits per heavy atom. The second-order valence-electron chi connectivity index (χ2n) is 2.25. The van der Waals surface area contributed by atoms with Crippen LogP contribution in [0.25, 0.3) is 0 Å². The van der Waals surface area contributed by atoms with Gasteiger partial charge in [0.1, 0.15) is 12.0 Å². The highest BCUT2D eigenvalue weighted by Gasteiger charge is 2.07. The average molecular weight is 168 g/mol. The van der Waals surface area contributed by atoms with E-state index in [1.807, 2.05) is 0 Å². The molecule has 0 bridgehead atoms. The van der Waals surface area contributed by atoms with Gasteiger partial charge in [-0.15, -0.1) is 0 Å². The lowest BCUT2D eigenvalue weighted by atomic mass is 10.3. The number of anilines is 1. The molecule has 8 N–H and O–H groups in total. The fourth-order valence-electron chi connectivity index (χ4n) is 0.849. The summed E-state index contributed by atoms with van der Waals surface area (Å²) in [5.74, 6) is 10.8. The average Bonchev–Trinajstić information content (AvgIpc) is 2.07. The molecule has 0 amide bonds. The topological polar surface area (TPSA) is 115 Å². The lowest BCUT2D eigenvalue weighted by Crippen LogP contribution is -2.42. The van der Waals surface area contributed by atoms with E-state index in [1.54, 1.807) is 18.2 Å². The zero-order valence-electron chi connectivity index (χ0n) is 6.49. The van der Waals surface area contributed by atoms with E-state index in [4.69, 9.17) is 17.4 Å². The smallest absolute Gasteiger partial charge is 0.126 e. The summed E-state index contributed by atoms with van der Waals surface area (Å²) in [6, 6.07) is 5.23. The Hall–Kier alpha value is -1.21. The summed E-state index contributed by atoms with van der Waals surface area (Å²) in [6.45, 7) is 0. The Kier molecular flexibility index (Phi) is 2.94. The number of rotatable bonds is 3. The van der Waals surface area contributed by atoms with Gasteiger partial charge in [0.05, 0.1) is 5.69 Å². The maximum Gasteiger partial charge on any atom is 0.126 e. The number of hydrazine groups is 2. The second-order valence-corrected chi connectivity index (χ2v) is 2.25. The van der Waals surface area contributed by atoms with Gasteiger partial charge >= 0.3 is 0 Å². The molecule has 1 rings (SSSR count). The van der Waals surface area contributed by atoms with Gasteiger partial charge in [0.25, 0.3) is 0 Å². The van der Waals surface area contributed by atoms with Crippen LogP contribution in [0.15, 0.2) is 18.2 Å². The Balaban J connectivity index is 2.85. The van der Waals surface area contributed by atoms with Gasteiger partial charge in [-0.1, -0.05) is 6.07 Å². The Labute approximate surface area is 70.1 Å². The molecule has 0 fully saturated rings. The third-order valence-electron chi connectivity index (χ3n) is 1.42. The summed E-state index contributed by atoms with van der Waals surface area (Å²) in [7, 11) is 0. The van der Waals surface area contributed by atoms with Crippen LogP contribution in [0, 0.1) is 0 Å². The predicted molar refractivity (Wildman–Crippen MR) is 46.0 cm³/mol. The molecule has 6 heteroatoms. The normalized spacial score (nSPS) is 10.6. The number of nitrogens with zero attached hydrogens (tertiary/aromatic N) is 1. The van der Waals surface area contributed by atoms with Crippen molar-refractivity contribution in [2.24, 2.45) is 11.7 Å². The van der Waals surface area contributed by atoms with Crippen molar-refractivity contribution in [3.8, 4) is 0 Å². The van der Waals surface area contributed by atoms with Gasteiger partial charge in [-0.25, -0.2) is 15.8 Å². The highest BCUT2D eigenvalue weighted by molar-refractivity contribution is 5.29. The molecule has 6 nitrogen and oxygen atoms in total. The molecule has 0 aromatic carbocycles. The van der Waals surface area contributed by atoms with Crippen molar-refractivity contribution in [2.75, 3.05) is 5.73 Å². The molecule has 1 heterocycles.